The maximum Gasteiger partial charge on any atom is 0.310 e. The molecule has 0 heterocycles. The second kappa shape index (κ2) is 8.11. The molecule has 0 amide bonds. The lowest BCUT2D eigenvalue weighted by atomic mass is 10.1. The molecule has 0 atom stereocenters. The fourth-order valence-electron chi connectivity index (χ4n) is 1.81. The second-order valence-corrected chi connectivity index (χ2v) is 7.10. The van der Waals surface area contributed by atoms with Gasteiger partial charge in [0.15, 0.2) is 5.11 Å². The molecule has 0 aliphatic rings. The molecule has 0 aromatic heterocycles. The molecule has 7 nitrogen and oxygen atoms in total. The smallest absolute Gasteiger partial charge is 0.310 e. The van der Waals surface area contributed by atoms with Crippen molar-refractivity contribution < 1.29 is 17.9 Å². The van der Waals surface area contributed by atoms with Crippen molar-refractivity contribution in [3.8, 4) is 0 Å². The van der Waals surface area contributed by atoms with E-state index in [4.69, 9.17) is 22.7 Å². The van der Waals surface area contributed by atoms with Crippen LogP contribution in [-0.2, 0) is 26.0 Å². The molecule has 0 fully saturated rings. The highest BCUT2D eigenvalue weighted by Crippen LogP contribution is 2.23. The van der Waals surface area contributed by atoms with E-state index in [0.29, 0.717) is 5.56 Å². The molecule has 1 aromatic rings. The monoisotopic (exact) mass is 359 g/mol. The number of nitrogens with one attached hydrogen (secondary N) is 2. The van der Waals surface area contributed by atoms with Gasteiger partial charge in [0.05, 0.1) is 18.7 Å². The number of carbonyl (C=O) groups excluding carboxylic acids is 1. The van der Waals surface area contributed by atoms with E-state index in [0.717, 1.165) is 0 Å². The Bertz CT molecular complexity index is 687. The maximum atomic E-state index is 12.4. The Kier molecular flexibility index (Phi) is 6.77. The average molecular weight is 359 g/mol. The quantitative estimate of drug-likeness (QED) is 0.394. The summed E-state index contributed by atoms with van der Waals surface area (Å²) < 4.78 is 31.8. The number of nitrogens with two attached hydrogens (primary N) is 1. The van der Waals surface area contributed by atoms with E-state index in [1.54, 1.807) is 13.0 Å². The van der Waals surface area contributed by atoms with Crippen molar-refractivity contribution in [2.24, 2.45) is 0 Å². The van der Waals surface area contributed by atoms with Crippen LogP contribution in [0.3, 0.4) is 0 Å². The number of benzene rings is 1. The first-order chi connectivity index (χ1) is 10.7. The number of para-hydroxylation sites is 1. The predicted octanol–water partition coefficient (Wildman–Crippen LogP) is 0.936. The maximum absolute atomic E-state index is 12.4. The Hall–Kier alpha value is -1.87. The van der Waals surface area contributed by atoms with Gasteiger partial charge < -0.3 is 15.8 Å². The average Bonchev–Trinajstić information content (AvgIpc) is 2.39. The number of anilines is 1. The number of thiocarbonyl (C=S) groups is 1. The fourth-order valence-corrected chi connectivity index (χ4v) is 3.47. The van der Waals surface area contributed by atoms with Crippen molar-refractivity contribution in [3.63, 3.8) is 0 Å². The number of sulfonamides is 1. The van der Waals surface area contributed by atoms with Crippen molar-refractivity contribution in [1.82, 2.24) is 10.0 Å². The molecule has 0 spiro atoms. The van der Waals surface area contributed by atoms with E-state index in [1.165, 1.54) is 12.1 Å². The first kappa shape index (κ1) is 19.2. The zero-order valence-corrected chi connectivity index (χ0v) is 14.9. The van der Waals surface area contributed by atoms with Crippen molar-refractivity contribution in [3.05, 3.63) is 23.8 Å². The molecule has 0 aliphatic carbocycles. The summed E-state index contributed by atoms with van der Waals surface area (Å²) in [5, 5.41) is 2.76. The minimum Gasteiger partial charge on any atom is -0.466 e. The molecule has 4 N–H and O–H groups in total. The van der Waals surface area contributed by atoms with Crippen LogP contribution in [0.15, 0.2) is 23.1 Å². The van der Waals surface area contributed by atoms with Gasteiger partial charge in [0, 0.05) is 6.04 Å². The highest BCUT2D eigenvalue weighted by atomic mass is 32.2. The highest BCUT2D eigenvalue weighted by molar-refractivity contribution is 7.92. The molecule has 1 rings (SSSR count). The van der Waals surface area contributed by atoms with Crippen LogP contribution < -0.4 is 15.8 Å². The zero-order valence-electron chi connectivity index (χ0n) is 13.3. The normalized spacial score (nSPS) is 11.1. The Morgan fingerprint density at radius 3 is 2.61 bits per heavy atom. The van der Waals surface area contributed by atoms with Crippen LogP contribution in [0, 0.1) is 0 Å². The van der Waals surface area contributed by atoms with E-state index in [2.05, 4.69) is 10.0 Å². The van der Waals surface area contributed by atoms with Gasteiger partial charge in [0.25, 0.3) is 10.0 Å². The van der Waals surface area contributed by atoms with Gasteiger partial charge in [-0.05, 0) is 44.6 Å². The van der Waals surface area contributed by atoms with Crippen molar-refractivity contribution in [2.45, 2.75) is 38.1 Å². The molecule has 0 unspecified atom stereocenters. The van der Waals surface area contributed by atoms with Crippen LogP contribution in [0.2, 0.25) is 0 Å². The number of ether oxygens (including phenoxy) is 1. The van der Waals surface area contributed by atoms with Crippen LogP contribution in [0.25, 0.3) is 0 Å². The van der Waals surface area contributed by atoms with Gasteiger partial charge >= 0.3 is 5.97 Å². The molecule has 0 bridgehead atoms. The lowest BCUT2D eigenvalue weighted by Crippen LogP contribution is -2.42. The number of rotatable bonds is 6. The van der Waals surface area contributed by atoms with Gasteiger partial charge in [0.2, 0.25) is 0 Å². The first-order valence-corrected chi connectivity index (χ1v) is 8.92. The number of nitrogen functional groups attached to an aromatic ring is 1. The molecule has 0 saturated heterocycles. The summed E-state index contributed by atoms with van der Waals surface area (Å²) >= 11 is 4.94. The Morgan fingerprint density at radius 2 is 2.04 bits per heavy atom. The van der Waals surface area contributed by atoms with Gasteiger partial charge in [0.1, 0.15) is 4.90 Å². The number of carbonyl (C=O) groups is 1. The minimum atomic E-state index is -3.94. The molecule has 0 radical (unpaired) electrons. The van der Waals surface area contributed by atoms with Crippen LogP contribution in [0.5, 0.6) is 0 Å². The molecule has 0 saturated carbocycles. The third-order valence-electron chi connectivity index (χ3n) is 2.73. The summed E-state index contributed by atoms with van der Waals surface area (Å²) in [6.45, 7) is 5.59. The molecular formula is C14H21N3O4S2. The molecule has 0 aliphatic heterocycles. The Labute approximate surface area is 141 Å². The summed E-state index contributed by atoms with van der Waals surface area (Å²) in [7, 11) is -3.94. The number of esters is 1. The summed E-state index contributed by atoms with van der Waals surface area (Å²) in [6.07, 6.45) is -0.0995. The second-order valence-electron chi connectivity index (χ2n) is 5.04. The molecule has 23 heavy (non-hydrogen) atoms. The first-order valence-electron chi connectivity index (χ1n) is 7.03. The topological polar surface area (TPSA) is 111 Å². The molecule has 1 aromatic carbocycles. The fraction of sp³-hybridized carbons (Fsp3) is 0.429. The van der Waals surface area contributed by atoms with E-state index < -0.39 is 16.0 Å². The van der Waals surface area contributed by atoms with Gasteiger partial charge in [-0.3, -0.25) is 9.52 Å². The van der Waals surface area contributed by atoms with Crippen LogP contribution >= 0.6 is 12.2 Å². The zero-order chi connectivity index (χ0) is 17.6. The van der Waals surface area contributed by atoms with Gasteiger partial charge in [-0.25, -0.2) is 8.42 Å². The third kappa shape index (κ3) is 5.68. The van der Waals surface area contributed by atoms with Crippen molar-refractivity contribution >= 4 is 39.0 Å². The van der Waals surface area contributed by atoms with Crippen LogP contribution in [0.1, 0.15) is 26.3 Å². The predicted molar refractivity (Wildman–Crippen MR) is 92.4 cm³/mol. The standard InChI is InChI=1S/C14H21N3O4S2/c1-4-21-12(18)8-10-6-5-7-11(13(10)15)23(19,20)17-14(22)16-9(2)3/h5-7,9H,4,8,15H2,1-3H3,(H2,16,17,22). The number of hydrogen-bond donors (Lipinski definition) is 3. The van der Waals surface area contributed by atoms with E-state index >= 15 is 0 Å². The van der Waals surface area contributed by atoms with Crippen LogP contribution in [0.4, 0.5) is 5.69 Å². The molecule has 128 valence electrons. The minimum absolute atomic E-state index is 0.000370. The largest absolute Gasteiger partial charge is 0.466 e. The van der Waals surface area contributed by atoms with Crippen molar-refractivity contribution in [2.75, 3.05) is 12.3 Å². The molecular weight excluding hydrogens is 338 g/mol. The Balaban J connectivity index is 3.03. The lowest BCUT2D eigenvalue weighted by Gasteiger charge is -2.15. The summed E-state index contributed by atoms with van der Waals surface area (Å²) in [5.41, 5.74) is 6.28. The van der Waals surface area contributed by atoms with Crippen molar-refractivity contribution in [1.29, 1.82) is 0 Å². The third-order valence-corrected chi connectivity index (χ3v) is 4.49. The van der Waals surface area contributed by atoms with Gasteiger partial charge in [-0.1, -0.05) is 12.1 Å². The van der Waals surface area contributed by atoms with Gasteiger partial charge in [-0.15, -0.1) is 0 Å². The lowest BCUT2D eigenvalue weighted by molar-refractivity contribution is -0.142. The van der Waals surface area contributed by atoms with E-state index in [-0.39, 0.29) is 34.8 Å². The SMILES string of the molecule is CCOC(=O)Cc1cccc(S(=O)(=O)NC(=S)NC(C)C)c1N. The van der Waals surface area contributed by atoms with Gasteiger partial charge in [-0.2, -0.15) is 0 Å². The highest BCUT2D eigenvalue weighted by Gasteiger charge is 2.21. The number of hydrogen-bond acceptors (Lipinski definition) is 6. The Morgan fingerprint density at radius 1 is 1.39 bits per heavy atom. The summed E-state index contributed by atoms with van der Waals surface area (Å²) in [5.74, 6) is -0.473. The van der Waals surface area contributed by atoms with E-state index in [1.807, 2.05) is 13.8 Å². The molecule has 9 heteroatoms. The van der Waals surface area contributed by atoms with E-state index in [9.17, 15) is 13.2 Å². The summed E-state index contributed by atoms with van der Waals surface area (Å²) in [6, 6.07) is 4.43. The van der Waals surface area contributed by atoms with Crippen LogP contribution in [-0.4, -0.2) is 32.1 Å². The summed E-state index contributed by atoms with van der Waals surface area (Å²) in [4.78, 5) is 11.4.